The number of hydrogen-bond acceptors (Lipinski definition) is 5. The van der Waals surface area contributed by atoms with Crippen molar-refractivity contribution in [2.45, 2.75) is 18.9 Å². The second-order valence-corrected chi connectivity index (χ2v) is 6.05. The lowest BCUT2D eigenvalue weighted by atomic mass is 10.1. The molecule has 7 heteroatoms. The first-order chi connectivity index (χ1) is 11.3. The molecule has 1 aliphatic rings. The predicted octanol–water partition coefficient (Wildman–Crippen LogP) is 2.61. The first kappa shape index (κ1) is 14.4. The smallest absolute Gasteiger partial charge is 0.223 e. The SMILES string of the molecule is Clc1cnc(NC2CCNCC2)nc1-c1cnn2ccccc12. The molecular weight excluding hydrogens is 312 g/mol. The molecule has 0 saturated carbocycles. The van der Waals surface area contributed by atoms with Crippen molar-refractivity contribution in [3.8, 4) is 11.3 Å². The zero-order chi connectivity index (χ0) is 15.6. The van der Waals surface area contributed by atoms with Gasteiger partial charge in [0.1, 0.15) is 0 Å². The molecule has 4 rings (SSSR count). The second-order valence-electron chi connectivity index (χ2n) is 5.65. The van der Waals surface area contributed by atoms with Gasteiger partial charge in [-0.15, -0.1) is 0 Å². The minimum Gasteiger partial charge on any atom is -0.351 e. The quantitative estimate of drug-likeness (QED) is 0.773. The van der Waals surface area contributed by atoms with Crippen LogP contribution in [0.4, 0.5) is 5.95 Å². The second kappa shape index (κ2) is 6.14. The highest BCUT2D eigenvalue weighted by Gasteiger charge is 2.16. The number of aromatic nitrogens is 4. The molecule has 23 heavy (non-hydrogen) atoms. The molecule has 6 nitrogen and oxygen atoms in total. The van der Waals surface area contributed by atoms with Crippen LogP contribution < -0.4 is 10.6 Å². The van der Waals surface area contributed by atoms with E-state index in [0.717, 1.165) is 37.0 Å². The zero-order valence-electron chi connectivity index (χ0n) is 12.5. The van der Waals surface area contributed by atoms with Crippen molar-refractivity contribution in [2.24, 2.45) is 0 Å². The summed E-state index contributed by atoms with van der Waals surface area (Å²) in [5.41, 5.74) is 2.59. The number of piperidine rings is 1. The summed E-state index contributed by atoms with van der Waals surface area (Å²) in [7, 11) is 0. The molecule has 0 aromatic carbocycles. The number of halogens is 1. The van der Waals surface area contributed by atoms with Crippen molar-refractivity contribution >= 4 is 23.1 Å². The maximum absolute atomic E-state index is 6.33. The van der Waals surface area contributed by atoms with Crippen molar-refractivity contribution in [1.29, 1.82) is 0 Å². The number of fused-ring (bicyclic) bond motifs is 1. The van der Waals surface area contributed by atoms with Crippen LogP contribution in [0.5, 0.6) is 0 Å². The van der Waals surface area contributed by atoms with Crippen LogP contribution in [-0.2, 0) is 0 Å². The van der Waals surface area contributed by atoms with E-state index >= 15 is 0 Å². The molecule has 1 fully saturated rings. The number of nitrogens with one attached hydrogen (secondary N) is 2. The van der Waals surface area contributed by atoms with Crippen LogP contribution in [0.25, 0.3) is 16.8 Å². The lowest BCUT2D eigenvalue weighted by molar-refractivity contribution is 0.477. The number of rotatable bonds is 3. The molecule has 1 aliphatic heterocycles. The van der Waals surface area contributed by atoms with E-state index in [1.54, 1.807) is 12.4 Å². The maximum atomic E-state index is 6.33. The number of nitrogens with zero attached hydrogens (tertiary/aromatic N) is 4. The van der Waals surface area contributed by atoms with Crippen molar-refractivity contribution in [3.05, 3.63) is 41.8 Å². The van der Waals surface area contributed by atoms with Crippen LogP contribution in [0.15, 0.2) is 36.8 Å². The summed E-state index contributed by atoms with van der Waals surface area (Å²) >= 11 is 6.33. The fourth-order valence-corrected chi connectivity index (χ4v) is 3.08. The van der Waals surface area contributed by atoms with E-state index in [9.17, 15) is 0 Å². The Morgan fingerprint density at radius 2 is 2.09 bits per heavy atom. The van der Waals surface area contributed by atoms with E-state index in [-0.39, 0.29) is 0 Å². The van der Waals surface area contributed by atoms with Crippen molar-refractivity contribution in [3.63, 3.8) is 0 Å². The summed E-state index contributed by atoms with van der Waals surface area (Å²) in [4.78, 5) is 8.95. The third kappa shape index (κ3) is 2.87. The molecule has 0 bridgehead atoms. The van der Waals surface area contributed by atoms with Gasteiger partial charge in [0.25, 0.3) is 0 Å². The van der Waals surface area contributed by atoms with Gasteiger partial charge in [0.2, 0.25) is 5.95 Å². The fraction of sp³-hybridized carbons (Fsp3) is 0.312. The molecule has 2 N–H and O–H groups in total. The van der Waals surface area contributed by atoms with Gasteiger partial charge in [-0.25, -0.2) is 14.5 Å². The topological polar surface area (TPSA) is 67.1 Å². The van der Waals surface area contributed by atoms with Gasteiger partial charge in [-0.3, -0.25) is 0 Å². The van der Waals surface area contributed by atoms with Crippen LogP contribution in [0.3, 0.4) is 0 Å². The molecule has 1 saturated heterocycles. The summed E-state index contributed by atoms with van der Waals surface area (Å²) in [6.45, 7) is 2.04. The van der Waals surface area contributed by atoms with Crippen LogP contribution in [0, 0.1) is 0 Å². The molecule has 3 aromatic heterocycles. The van der Waals surface area contributed by atoms with Gasteiger partial charge in [-0.2, -0.15) is 5.10 Å². The molecule has 0 atom stereocenters. The third-order valence-electron chi connectivity index (χ3n) is 4.10. The number of pyridine rings is 1. The minimum absolute atomic E-state index is 0.397. The highest BCUT2D eigenvalue weighted by molar-refractivity contribution is 6.33. The standard InChI is InChI=1S/C16H17ClN6/c17-13-10-19-16(21-11-4-6-18-7-5-11)22-15(13)12-9-20-23-8-2-1-3-14(12)23/h1-3,8-11,18H,4-7H2,(H,19,21,22). The van der Waals surface area contributed by atoms with Gasteiger partial charge >= 0.3 is 0 Å². The highest BCUT2D eigenvalue weighted by atomic mass is 35.5. The van der Waals surface area contributed by atoms with Gasteiger partial charge in [0, 0.05) is 17.8 Å². The average Bonchev–Trinajstić information content (AvgIpc) is 3.01. The summed E-state index contributed by atoms with van der Waals surface area (Å²) in [5.74, 6) is 0.617. The normalized spacial score (nSPS) is 15.9. The maximum Gasteiger partial charge on any atom is 0.223 e. The van der Waals surface area contributed by atoms with Gasteiger partial charge in [0.05, 0.1) is 28.6 Å². The Balaban J connectivity index is 1.69. The third-order valence-corrected chi connectivity index (χ3v) is 4.37. The largest absolute Gasteiger partial charge is 0.351 e. The van der Waals surface area contributed by atoms with Crippen LogP contribution in [0.2, 0.25) is 5.02 Å². The Labute approximate surface area is 138 Å². The first-order valence-corrected chi connectivity index (χ1v) is 8.11. The Kier molecular flexibility index (Phi) is 3.85. The molecule has 0 spiro atoms. The summed E-state index contributed by atoms with van der Waals surface area (Å²) < 4.78 is 1.81. The zero-order valence-corrected chi connectivity index (χ0v) is 13.3. The summed E-state index contributed by atoms with van der Waals surface area (Å²) in [6, 6.07) is 6.31. The van der Waals surface area contributed by atoms with Gasteiger partial charge < -0.3 is 10.6 Å². The molecule has 0 radical (unpaired) electrons. The molecular formula is C16H17ClN6. The van der Waals surface area contributed by atoms with E-state index in [1.165, 1.54) is 0 Å². The molecule has 3 aromatic rings. The fourth-order valence-electron chi connectivity index (χ4n) is 2.89. The monoisotopic (exact) mass is 328 g/mol. The molecule has 118 valence electrons. The molecule has 4 heterocycles. The first-order valence-electron chi connectivity index (χ1n) is 7.74. The summed E-state index contributed by atoms with van der Waals surface area (Å²) in [6.07, 6.45) is 7.48. The average molecular weight is 329 g/mol. The summed E-state index contributed by atoms with van der Waals surface area (Å²) in [5, 5.41) is 11.6. The van der Waals surface area contributed by atoms with E-state index < -0.39 is 0 Å². The van der Waals surface area contributed by atoms with Gasteiger partial charge in [-0.1, -0.05) is 17.7 Å². The van der Waals surface area contributed by atoms with Crippen molar-refractivity contribution in [2.75, 3.05) is 18.4 Å². The molecule has 0 unspecified atom stereocenters. The van der Waals surface area contributed by atoms with Crippen LogP contribution >= 0.6 is 11.6 Å². The van der Waals surface area contributed by atoms with Crippen LogP contribution in [0.1, 0.15) is 12.8 Å². The number of hydrogen-bond donors (Lipinski definition) is 2. The van der Waals surface area contributed by atoms with Gasteiger partial charge in [0.15, 0.2) is 0 Å². The Bertz CT molecular complexity index is 824. The van der Waals surface area contributed by atoms with Crippen molar-refractivity contribution in [1.82, 2.24) is 24.9 Å². The lowest BCUT2D eigenvalue weighted by Crippen LogP contribution is -2.35. The van der Waals surface area contributed by atoms with Crippen molar-refractivity contribution < 1.29 is 0 Å². The highest BCUT2D eigenvalue weighted by Crippen LogP contribution is 2.29. The lowest BCUT2D eigenvalue weighted by Gasteiger charge is -2.23. The Morgan fingerprint density at radius 3 is 2.96 bits per heavy atom. The van der Waals surface area contributed by atoms with Crippen LogP contribution in [-0.4, -0.2) is 38.7 Å². The Hall–Kier alpha value is -2.18. The predicted molar refractivity (Wildman–Crippen MR) is 90.7 cm³/mol. The van der Waals surface area contributed by atoms with E-state index in [0.29, 0.717) is 22.7 Å². The van der Waals surface area contributed by atoms with E-state index in [2.05, 4.69) is 25.7 Å². The molecule has 0 aliphatic carbocycles. The van der Waals surface area contributed by atoms with Gasteiger partial charge in [-0.05, 0) is 38.1 Å². The van der Waals surface area contributed by atoms with E-state index in [1.807, 2.05) is 28.9 Å². The minimum atomic E-state index is 0.397. The van der Waals surface area contributed by atoms with E-state index in [4.69, 9.17) is 11.6 Å². The Morgan fingerprint density at radius 1 is 1.22 bits per heavy atom. The molecule has 0 amide bonds. The number of anilines is 1.